The molecule has 0 saturated carbocycles. The van der Waals surface area contributed by atoms with Crippen molar-refractivity contribution in [1.29, 1.82) is 0 Å². The molecule has 6 heteroatoms. The summed E-state index contributed by atoms with van der Waals surface area (Å²) in [6.07, 6.45) is 2.81. The molecule has 15 heavy (non-hydrogen) atoms. The van der Waals surface area contributed by atoms with Gasteiger partial charge in [0.15, 0.2) is 4.34 Å². The van der Waals surface area contributed by atoms with Gasteiger partial charge in [0.25, 0.3) is 0 Å². The number of nitrogens with one attached hydrogen (secondary N) is 1. The summed E-state index contributed by atoms with van der Waals surface area (Å²) in [6, 6.07) is 0. The molecular weight excluding hydrogens is 228 g/mol. The number of thioether (sulfide) groups is 1. The summed E-state index contributed by atoms with van der Waals surface area (Å²) < 4.78 is 5.01. The first-order valence-electron chi connectivity index (χ1n) is 5.04. The summed E-state index contributed by atoms with van der Waals surface area (Å²) in [5.74, 6) is 1.07. The van der Waals surface area contributed by atoms with Crippen molar-refractivity contribution in [3.63, 3.8) is 0 Å². The minimum absolute atomic E-state index is 1.04. The number of hydrogen-bond donors (Lipinski definition) is 1. The van der Waals surface area contributed by atoms with E-state index in [1.807, 2.05) is 0 Å². The molecule has 0 aliphatic rings. The van der Waals surface area contributed by atoms with E-state index < -0.39 is 0 Å². The van der Waals surface area contributed by atoms with E-state index >= 15 is 0 Å². The van der Waals surface area contributed by atoms with Gasteiger partial charge in [-0.05, 0) is 45.1 Å². The number of aromatic nitrogens is 2. The van der Waals surface area contributed by atoms with Crippen LogP contribution in [0.15, 0.2) is 10.7 Å². The van der Waals surface area contributed by atoms with Crippen LogP contribution in [0, 0.1) is 0 Å². The van der Waals surface area contributed by atoms with Crippen molar-refractivity contribution in [2.75, 3.05) is 39.5 Å². The third kappa shape index (κ3) is 6.83. The van der Waals surface area contributed by atoms with Crippen LogP contribution in [0.2, 0.25) is 0 Å². The van der Waals surface area contributed by atoms with E-state index in [0.29, 0.717) is 0 Å². The number of nitrogens with zero attached hydrogens (tertiary/aromatic N) is 3. The highest BCUT2D eigenvalue weighted by atomic mass is 32.2. The molecule has 0 amide bonds. The predicted molar refractivity (Wildman–Crippen MR) is 66.7 cm³/mol. The molecule has 1 rings (SSSR count). The van der Waals surface area contributed by atoms with Gasteiger partial charge in [0, 0.05) is 12.3 Å². The van der Waals surface area contributed by atoms with Crippen LogP contribution in [0.25, 0.3) is 0 Å². The first-order chi connectivity index (χ1) is 7.29. The van der Waals surface area contributed by atoms with Gasteiger partial charge in [0.1, 0.15) is 6.33 Å². The molecule has 0 aromatic carbocycles. The summed E-state index contributed by atoms with van der Waals surface area (Å²) in [4.78, 5) is 6.32. The van der Waals surface area contributed by atoms with Gasteiger partial charge in [-0.3, -0.25) is 0 Å². The van der Waals surface area contributed by atoms with Gasteiger partial charge in [-0.2, -0.15) is 4.37 Å². The number of hydrogen-bond acceptors (Lipinski definition) is 6. The van der Waals surface area contributed by atoms with E-state index in [-0.39, 0.29) is 0 Å². The van der Waals surface area contributed by atoms with Gasteiger partial charge in [-0.25, -0.2) is 4.98 Å². The monoisotopic (exact) mass is 246 g/mol. The van der Waals surface area contributed by atoms with E-state index in [1.54, 1.807) is 18.1 Å². The maximum absolute atomic E-state index is 4.11. The molecule has 4 nitrogen and oxygen atoms in total. The van der Waals surface area contributed by atoms with Crippen molar-refractivity contribution < 1.29 is 0 Å². The molecule has 0 spiro atoms. The van der Waals surface area contributed by atoms with E-state index in [0.717, 1.165) is 29.7 Å². The van der Waals surface area contributed by atoms with Crippen LogP contribution in [0.3, 0.4) is 0 Å². The second-order valence-corrected chi connectivity index (χ2v) is 5.58. The smallest absolute Gasteiger partial charge is 0.169 e. The van der Waals surface area contributed by atoms with E-state index in [1.165, 1.54) is 18.0 Å². The Morgan fingerprint density at radius 1 is 1.47 bits per heavy atom. The molecular formula is C9H18N4S2. The molecule has 0 radical (unpaired) electrons. The quantitative estimate of drug-likeness (QED) is 0.551. The van der Waals surface area contributed by atoms with E-state index in [4.69, 9.17) is 0 Å². The summed E-state index contributed by atoms with van der Waals surface area (Å²) >= 11 is 3.23. The van der Waals surface area contributed by atoms with Crippen LogP contribution in [0.4, 0.5) is 0 Å². The predicted octanol–water partition coefficient (Wildman–Crippen LogP) is 1.17. The van der Waals surface area contributed by atoms with Crippen molar-refractivity contribution in [3.05, 3.63) is 6.33 Å². The fourth-order valence-electron chi connectivity index (χ4n) is 1.08. The standard InChI is InChI=1S/C9H18N4S2/c1-13(2)6-3-4-10-5-7-14-9-11-8-12-15-9/h8,10H,3-7H2,1-2H3. The largest absolute Gasteiger partial charge is 0.316 e. The Bertz CT molecular complexity index is 238. The van der Waals surface area contributed by atoms with E-state index in [9.17, 15) is 0 Å². The molecule has 0 aliphatic carbocycles. The summed E-state index contributed by atoms with van der Waals surface area (Å²) in [5, 5.41) is 3.41. The Hall–Kier alpha value is -0.170. The van der Waals surface area contributed by atoms with Crippen LogP contribution in [0.5, 0.6) is 0 Å². The molecule has 0 bridgehead atoms. The van der Waals surface area contributed by atoms with Gasteiger partial charge in [0.2, 0.25) is 0 Å². The summed E-state index contributed by atoms with van der Waals surface area (Å²) in [6.45, 7) is 3.28. The molecule has 1 N–H and O–H groups in total. The molecule has 0 fully saturated rings. The van der Waals surface area contributed by atoms with Gasteiger partial charge in [-0.15, -0.1) is 0 Å². The minimum atomic E-state index is 1.04. The minimum Gasteiger partial charge on any atom is -0.316 e. The average Bonchev–Trinajstić information content (AvgIpc) is 2.68. The lowest BCUT2D eigenvalue weighted by atomic mass is 10.4. The lowest BCUT2D eigenvalue weighted by molar-refractivity contribution is 0.396. The van der Waals surface area contributed by atoms with Crippen LogP contribution in [-0.4, -0.2) is 53.7 Å². The van der Waals surface area contributed by atoms with Crippen molar-refractivity contribution >= 4 is 23.3 Å². The van der Waals surface area contributed by atoms with Crippen LogP contribution < -0.4 is 5.32 Å². The molecule has 0 atom stereocenters. The summed E-state index contributed by atoms with van der Waals surface area (Å²) in [7, 11) is 4.20. The first kappa shape index (κ1) is 12.9. The fourth-order valence-corrected chi connectivity index (χ4v) is 2.49. The molecule has 86 valence electrons. The highest BCUT2D eigenvalue weighted by molar-refractivity contribution is 8.00. The second-order valence-electron chi connectivity index (χ2n) is 3.46. The maximum Gasteiger partial charge on any atom is 0.169 e. The Balaban J connectivity index is 1.85. The van der Waals surface area contributed by atoms with E-state index in [2.05, 4.69) is 33.7 Å². The Labute approximate surface area is 99.6 Å². The second kappa shape index (κ2) is 8.04. The molecule has 0 saturated heterocycles. The SMILES string of the molecule is CN(C)CCCNCCSc1ncns1. The van der Waals surface area contributed by atoms with Gasteiger partial charge >= 0.3 is 0 Å². The normalized spacial score (nSPS) is 11.1. The average molecular weight is 246 g/mol. The van der Waals surface area contributed by atoms with Crippen LogP contribution in [0.1, 0.15) is 6.42 Å². The maximum atomic E-state index is 4.11. The molecule has 1 aromatic heterocycles. The molecule has 1 heterocycles. The van der Waals surface area contributed by atoms with Crippen molar-refractivity contribution in [2.45, 2.75) is 10.8 Å². The van der Waals surface area contributed by atoms with Gasteiger partial charge < -0.3 is 10.2 Å². The molecule has 0 aliphatic heterocycles. The van der Waals surface area contributed by atoms with Crippen LogP contribution in [-0.2, 0) is 0 Å². The highest BCUT2D eigenvalue weighted by Crippen LogP contribution is 2.16. The zero-order chi connectivity index (χ0) is 10.9. The van der Waals surface area contributed by atoms with Crippen molar-refractivity contribution in [2.24, 2.45) is 0 Å². The zero-order valence-corrected chi connectivity index (χ0v) is 10.9. The Morgan fingerprint density at radius 3 is 3.00 bits per heavy atom. The zero-order valence-electron chi connectivity index (χ0n) is 9.27. The molecule has 1 aromatic rings. The lowest BCUT2D eigenvalue weighted by Gasteiger charge is -2.09. The Kier molecular flexibility index (Phi) is 6.91. The van der Waals surface area contributed by atoms with Crippen molar-refractivity contribution in [1.82, 2.24) is 19.6 Å². The summed E-state index contributed by atoms with van der Waals surface area (Å²) in [5.41, 5.74) is 0. The third-order valence-electron chi connectivity index (χ3n) is 1.80. The van der Waals surface area contributed by atoms with Gasteiger partial charge in [-0.1, -0.05) is 11.8 Å². The number of rotatable bonds is 8. The first-order valence-corrected chi connectivity index (χ1v) is 6.80. The van der Waals surface area contributed by atoms with Gasteiger partial charge in [0.05, 0.1) is 0 Å². The fraction of sp³-hybridized carbons (Fsp3) is 0.778. The highest BCUT2D eigenvalue weighted by Gasteiger charge is 1.96. The van der Waals surface area contributed by atoms with Crippen molar-refractivity contribution in [3.8, 4) is 0 Å². The third-order valence-corrected chi connectivity index (χ3v) is 3.60. The Morgan fingerprint density at radius 2 is 2.33 bits per heavy atom. The van der Waals surface area contributed by atoms with Crippen LogP contribution >= 0.6 is 23.3 Å². The molecule has 0 unspecified atom stereocenters. The lowest BCUT2D eigenvalue weighted by Crippen LogP contribution is -2.22. The topological polar surface area (TPSA) is 41.0 Å².